The van der Waals surface area contributed by atoms with Crippen molar-refractivity contribution in [1.82, 2.24) is 0 Å². The van der Waals surface area contributed by atoms with Gasteiger partial charge in [0, 0.05) is 6.07 Å². The van der Waals surface area contributed by atoms with Crippen LogP contribution in [0.3, 0.4) is 0 Å². The second-order valence-electron chi connectivity index (χ2n) is 4.94. The maximum atomic E-state index is 12.6. The lowest BCUT2D eigenvalue weighted by molar-refractivity contribution is 0.337. The largest absolute Gasteiger partial charge is 0.506 e. The lowest BCUT2D eigenvalue weighted by atomic mass is 10.1. The number of hydrogen-bond acceptors (Lipinski definition) is 4. The Morgan fingerprint density at radius 2 is 1.82 bits per heavy atom. The molecule has 2 aromatic rings. The summed E-state index contributed by atoms with van der Waals surface area (Å²) in [6.45, 7) is 5.89. The Balaban J connectivity index is 2.45. The number of phenolic OH excluding ortho intramolecular Hbond substituents is 1. The molecule has 0 aliphatic heterocycles. The summed E-state index contributed by atoms with van der Waals surface area (Å²) in [6.07, 6.45) is 0. The summed E-state index contributed by atoms with van der Waals surface area (Å²) in [5, 5.41) is 9.72. The highest BCUT2D eigenvalue weighted by Gasteiger charge is 2.20. The molecule has 0 aliphatic carbocycles. The number of sulfonamides is 1. The van der Waals surface area contributed by atoms with Gasteiger partial charge in [-0.2, -0.15) is 0 Å². The first kappa shape index (κ1) is 16.2. The van der Waals surface area contributed by atoms with Gasteiger partial charge >= 0.3 is 0 Å². The molecule has 0 saturated heterocycles. The lowest BCUT2D eigenvalue weighted by Gasteiger charge is -2.14. The predicted octanol–water partition coefficient (Wildman–Crippen LogP) is 3.21. The molecule has 0 saturated carbocycles. The highest BCUT2D eigenvalue weighted by atomic mass is 32.2. The van der Waals surface area contributed by atoms with Gasteiger partial charge in [0.05, 0.1) is 17.2 Å². The fourth-order valence-corrected chi connectivity index (χ4v) is 3.49. The first-order chi connectivity index (χ1) is 10.3. The van der Waals surface area contributed by atoms with Crippen LogP contribution in [0.2, 0.25) is 0 Å². The Bertz CT molecular complexity index is 785. The molecule has 0 bridgehead atoms. The molecule has 0 atom stereocenters. The average molecular weight is 321 g/mol. The molecular weight excluding hydrogens is 302 g/mol. The van der Waals surface area contributed by atoms with E-state index in [-0.39, 0.29) is 16.3 Å². The van der Waals surface area contributed by atoms with Crippen molar-refractivity contribution in [3.05, 3.63) is 47.5 Å². The number of nitrogens with one attached hydrogen (secondary N) is 1. The topological polar surface area (TPSA) is 75.6 Å². The van der Waals surface area contributed by atoms with Gasteiger partial charge in [-0.05, 0) is 44.0 Å². The maximum Gasteiger partial charge on any atom is 0.262 e. The lowest BCUT2D eigenvalue weighted by Crippen LogP contribution is -2.15. The number of benzene rings is 2. The molecule has 22 heavy (non-hydrogen) atoms. The average Bonchev–Trinajstić information content (AvgIpc) is 2.44. The zero-order chi connectivity index (χ0) is 16.3. The summed E-state index contributed by atoms with van der Waals surface area (Å²) in [5.41, 5.74) is 1.63. The van der Waals surface area contributed by atoms with Gasteiger partial charge in [0.2, 0.25) is 0 Å². The Morgan fingerprint density at radius 3 is 2.45 bits per heavy atom. The fraction of sp³-hybridized carbons (Fsp3) is 0.250. The molecule has 0 aliphatic rings. The molecule has 2 N–H and O–H groups in total. The minimum atomic E-state index is -3.81. The first-order valence-electron chi connectivity index (χ1n) is 6.90. The number of rotatable bonds is 5. The fourth-order valence-electron chi connectivity index (χ4n) is 2.17. The van der Waals surface area contributed by atoms with Crippen LogP contribution in [0.5, 0.6) is 11.5 Å². The van der Waals surface area contributed by atoms with Crippen molar-refractivity contribution in [1.29, 1.82) is 0 Å². The highest BCUT2D eigenvalue weighted by molar-refractivity contribution is 7.92. The van der Waals surface area contributed by atoms with Crippen LogP contribution in [0.4, 0.5) is 5.69 Å². The molecule has 0 spiro atoms. The summed E-state index contributed by atoms with van der Waals surface area (Å²) >= 11 is 0. The first-order valence-corrected chi connectivity index (χ1v) is 8.38. The normalized spacial score (nSPS) is 11.2. The van der Waals surface area contributed by atoms with E-state index in [4.69, 9.17) is 4.74 Å². The highest BCUT2D eigenvalue weighted by Crippen LogP contribution is 2.29. The predicted molar refractivity (Wildman–Crippen MR) is 86.0 cm³/mol. The van der Waals surface area contributed by atoms with Gasteiger partial charge in [-0.15, -0.1) is 0 Å². The van der Waals surface area contributed by atoms with E-state index in [0.717, 1.165) is 5.56 Å². The van der Waals surface area contributed by atoms with Gasteiger partial charge < -0.3 is 9.84 Å². The van der Waals surface area contributed by atoms with Crippen molar-refractivity contribution >= 4 is 15.7 Å². The Morgan fingerprint density at radius 1 is 1.14 bits per heavy atom. The van der Waals surface area contributed by atoms with Crippen LogP contribution in [-0.2, 0) is 10.0 Å². The molecule has 0 heterocycles. The summed E-state index contributed by atoms with van der Waals surface area (Å²) in [7, 11) is -3.81. The summed E-state index contributed by atoms with van der Waals surface area (Å²) in [6, 6.07) is 9.47. The third-order valence-electron chi connectivity index (χ3n) is 3.21. The van der Waals surface area contributed by atoms with E-state index in [1.54, 1.807) is 25.1 Å². The van der Waals surface area contributed by atoms with Crippen LogP contribution in [0.1, 0.15) is 18.1 Å². The number of hydrogen-bond donors (Lipinski definition) is 2. The number of aryl methyl sites for hydroxylation is 2. The molecule has 2 aromatic carbocycles. The Hall–Kier alpha value is -2.21. The van der Waals surface area contributed by atoms with Crippen LogP contribution in [0, 0.1) is 13.8 Å². The minimum Gasteiger partial charge on any atom is -0.506 e. The summed E-state index contributed by atoms with van der Waals surface area (Å²) in [5.74, 6) is 0.409. The van der Waals surface area contributed by atoms with Gasteiger partial charge in [-0.1, -0.05) is 18.2 Å². The zero-order valence-corrected chi connectivity index (χ0v) is 13.6. The van der Waals surface area contributed by atoms with E-state index in [1.165, 1.54) is 18.2 Å². The molecule has 0 unspecified atom stereocenters. The Kier molecular flexibility index (Phi) is 4.61. The van der Waals surface area contributed by atoms with Gasteiger partial charge in [-0.25, -0.2) is 8.42 Å². The summed E-state index contributed by atoms with van der Waals surface area (Å²) < 4.78 is 33.0. The molecular formula is C16H19NO4S. The van der Waals surface area contributed by atoms with Crippen molar-refractivity contribution in [2.45, 2.75) is 25.7 Å². The van der Waals surface area contributed by atoms with Gasteiger partial charge in [-0.3, -0.25) is 4.72 Å². The van der Waals surface area contributed by atoms with Crippen LogP contribution < -0.4 is 9.46 Å². The smallest absolute Gasteiger partial charge is 0.262 e. The number of ether oxygens (including phenoxy) is 1. The van der Waals surface area contributed by atoms with E-state index in [9.17, 15) is 13.5 Å². The second-order valence-corrected chi connectivity index (χ2v) is 6.59. The second kappa shape index (κ2) is 6.27. The van der Waals surface area contributed by atoms with Crippen molar-refractivity contribution in [3.63, 3.8) is 0 Å². The van der Waals surface area contributed by atoms with Gasteiger partial charge in [0.1, 0.15) is 11.5 Å². The summed E-state index contributed by atoms with van der Waals surface area (Å²) in [4.78, 5) is 0.129. The van der Waals surface area contributed by atoms with E-state index in [1.807, 2.05) is 13.8 Å². The minimum absolute atomic E-state index is 0.124. The standard InChI is InChI=1S/C16H19NO4S/c1-4-21-15-10-16(12(3)9-11(15)2)22(19,20)17-13-7-5-6-8-14(13)18/h5-10,17-18H,4H2,1-3H3. The van der Waals surface area contributed by atoms with Gasteiger partial charge in [0.15, 0.2) is 0 Å². The van der Waals surface area contributed by atoms with Crippen molar-refractivity contribution in [2.24, 2.45) is 0 Å². The quantitative estimate of drug-likeness (QED) is 0.829. The Labute approximate surface area is 130 Å². The van der Waals surface area contributed by atoms with Crippen molar-refractivity contribution < 1.29 is 18.3 Å². The monoisotopic (exact) mass is 321 g/mol. The molecule has 0 amide bonds. The molecule has 118 valence electrons. The van der Waals surface area contributed by atoms with E-state index in [0.29, 0.717) is 17.9 Å². The molecule has 0 fully saturated rings. The maximum absolute atomic E-state index is 12.6. The van der Waals surface area contributed by atoms with Crippen LogP contribution in [0.15, 0.2) is 41.3 Å². The van der Waals surface area contributed by atoms with Gasteiger partial charge in [0.25, 0.3) is 10.0 Å². The molecule has 0 radical (unpaired) electrons. The molecule has 5 nitrogen and oxygen atoms in total. The van der Waals surface area contributed by atoms with E-state index in [2.05, 4.69) is 4.72 Å². The third-order valence-corrected chi connectivity index (χ3v) is 4.72. The van der Waals surface area contributed by atoms with Crippen LogP contribution in [0.25, 0.3) is 0 Å². The molecule has 0 aromatic heterocycles. The molecule has 6 heteroatoms. The van der Waals surface area contributed by atoms with Crippen LogP contribution in [-0.4, -0.2) is 20.1 Å². The van der Waals surface area contributed by atoms with E-state index >= 15 is 0 Å². The number of anilines is 1. The van der Waals surface area contributed by atoms with Crippen molar-refractivity contribution in [3.8, 4) is 11.5 Å². The number of aromatic hydroxyl groups is 1. The zero-order valence-electron chi connectivity index (χ0n) is 12.8. The van der Waals surface area contributed by atoms with E-state index < -0.39 is 10.0 Å². The number of para-hydroxylation sites is 2. The van der Waals surface area contributed by atoms with Crippen LogP contribution >= 0.6 is 0 Å². The molecule has 2 rings (SSSR count). The third kappa shape index (κ3) is 3.33. The van der Waals surface area contributed by atoms with Crippen molar-refractivity contribution in [2.75, 3.05) is 11.3 Å². The number of phenols is 1. The SMILES string of the molecule is CCOc1cc(S(=O)(=O)Nc2ccccc2O)c(C)cc1C.